The van der Waals surface area contributed by atoms with E-state index in [1.54, 1.807) is 18.4 Å². The van der Waals surface area contributed by atoms with Crippen molar-refractivity contribution in [3.05, 3.63) is 54.0 Å². The third-order valence-electron chi connectivity index (χ3n) is 2.94. The molecule has 110 valence electrons. The molecule has 0 radical (unpaired) electrons. The smallest absolute Gasteiger partial charge is 0.233 e. The van der Waals surface area contributed by atoms with Crippen LogP contribution in [0, 0.1) is 0 Å². The fourth-order valence-corrected chi connectivity index (χ4v) is 2.73. The van der Waals surface area contributed by atoms with Gasteiger partial charge >= 0.3 is 0 Å². The molecule has 1 amide bonds. The lowest BCUT2D eigenvalue weighted by Crippen LogP contribution is -2.30. The van der Waals surface area contributed by atoms with Crippen LogP contribution in [-0.4, -0.2) is 16.9 Å². The highest BCUT2D eigenvalue weighted by atomic mass is 32.2. The Morgan fingerprint density at radius 2 is 2.10 bits per heavy atom. The largest absolute Gasteiger partial charge is 0.467 e. The number of carbonyl (C=O) groups is 2. The molecule has 0 saturated carbocycles. The maximum absolute atomic E-state index is 12.0. The minimum absolute atomic E-state index is 0.0207. The molecule has 0 fully saturated rings. The van der Waals surface area contributed by atoms with Gasteiger partial charge in [0.15, 0.2) is 5.78 Å². The van der Waals surface area contributed by atoms with Gasteiger partial charge < -0.3 is 9.73 Å². The Kier molecular flexibility index (Phi) is 5.22. The standard InChI is InChI=1S/C16H17NO3S/c1-11(18)13-5-3-7-15(9-13)21-12(2)16(19)17-10-14-6-4-8-20-14/h3-9,12H,10H2,1-2H3,(H,17,19). The Hall–Kier alpha value is -2.01. The van der Waals surface area contributed by atoms with Crippen molar-refractivity contribution >= 4 is 23.5 Å². The highest BCUT2D eigenvalue weighted by molar-refractivity contribution is 8.00. The molecule has 1 N–H and O–H groups in total. The quantitative estimate of drug-likeness (QED) is 0.657. The van der Waals surface area contributed by atoms with E-state index in [0.29, 0.717) is 12.1 Å². The second-order valence-corrected chi connectivity index (χ2v) is 6.06. The van der Waals surface area contributed by atoms with Gasteiger partial charge in [0.05, 0.1) is 18.1 Å². The Morgan fingerprint density at radius 3 is 2.76 bits per heavy atom. The van der Waals surface area contributed by atoms with E-state index in [9.17, 15) is 9.59 Å². The molecule has 0 aliphatic carbocycles. The summed E-state index contributed by atoms with van der Waals surface area (Å²) in [4.78, 5) is 24.3. The maximum Gasteiger partial charge on any atom is 0.233 e. The number of Topliss-reactive ketones (excluding diaryl/α,β-unsaturated/α-hetero) is 1. The number of carbonyl (C=O) groups excluding carboxylic acids is 2. The third kappa shape index (κ3) is 4.49. The van der Waals surface area contributed by atoms with Crippen LogP contribution in [0.4, 0.5) is 0 Å². The summed E-state index contributed by atoms with van der Waals surface area (Å²) in [6, 6.07) is 10.9. The molecule has 5 heteroatoms. The number of hydrogen-bond acceptors (Lipinski definition) is 4. The summed E-state index contributed by atoms with van der Waals surface area (Å²) >= 11 is 1.43. The van der Waals surface area contributed by atoms with Crippen LogP contribution in [0.25, 0.3) is 0 Å². The molecule has 4 nitrogen and oxygen atoms in total. The van der Waals surface area contributed by atoms with Crippen molar-refractivity contribution < 1.29 is 14.0 Å². The van der Waals surface area contributed by atoms with E-state index in [1.165, 1.54) is 18.7 Å². The van der Waals surface area contributed by atoms with E-state index in [-0.39, 0.29) is 16.9 Å². The molecule has 2 aromatic rings. The van der Waals surface area contributed by atoms with Crippen molar-refractivity contribution in [3.63, 3.8) is 0 Å². The monoisotopic (exact) mass is 303 g/mol. The van der Waals surface area contributed by atoms with Crippen LogP contribution in [0.5, 0.6) is 0 Å². The Morgan fingerprint density at radius 1 is 1.29 bits per heavy atom. The molecule has 21 heavy (non-hydrogen) atoms. The highest BCUT2D eigenvalue weighted by Crippen LogP contribution is 2.24. The predicted molar refractivity (Wildman–Crippen MR) is 82.3 cm³/mol. The molecule has 2 rings (SSSR count). The van der Waals surface area contributed by atoms with E-state index in [4.69, 9.17) is 4.42 Å². The molecule has 1 heterocycles. The molecule has 1 atom stereocenters. The molecule has 1 aromatic carbocycles. The van der Waals surface area contributed by atoms with Crippen molar-refractivity contribution in [2.45, 2.75) is 30.5 Å². The highest BCUT2D eigenvalue weighted by Gasteiger charge is 2.15. The molecular formula is C16H17NO3S. The van der Waals surface area contributed by atoms with Crippen LogP contribution in [0.1, 0.15) is 30.0 Å². The summed E-state index contributed by atoms with van der Waals surface area (Å²) in [5, 5.41) is 2.57. The van der Waals surface area contributed by atoms with Gasteiger partial charge in [-0.05, 0) is 38.1 Å². The lowest BCUT2D eigenvalue weighted by molar-refractivity contribution is -0.120. The minimum atomic E-state index is -0.248. The van der Waals surface area contributed by atoms with Crippen LogP contribution in [0.15, 0.2) is 52.0 Å². The number of furan rings is 1. The third-order valence-corrected chi connectivity index (χ3v) is 4.03. The van der Waals surface area contributed by atoms with E-state index >= 15 is 0 Å². The van der Waals surface area contributed by atoms with Gasteiger partial charge in [-0.25, -0.2) is 0 Å². The lowest BCUT2D eigenvalue weighted by atomic mass is 10.2. The first-order valence-electron chi connectivity index (χ1n) is 6.64. The molecule has 1 unspecified atom stereocenters. The summed E-state index contributed by atoms with van der Waals surface area (Å²) in [5.41, 5.74) is 0.656. The van der Waals surface area contributed by atoms with Crippen LogP contribution in [0.3, 0.4) is 0 Å². The lowest BCUT2D eigenvalue weighted by Gasteiger charge is -2.11. The van der Waals surface area contributed by atoms with Crippen molar-refractivity contribution in [2.75, 3.05) is 0 Å². The van der Waals surface area contributed by atoms with Gasteiger partial charge in [-0.15, -0.1) is 11.8 Å². The van der Waals surface area contributed by atoms with Crippen LogP contribution >= 0.6 is 11.8 Å². The van der Waals surface area contributed by atoms with E-state index in [2.05, 4.69) is 5.32 Å². The minimum Gasteiger partial charge on any atom is -0.467 e. The molecule has 0 saturated heterocycles. The van der Waals surface area contributed by atoms with Gasteiger partial charge in [0.25, 0.3) is 0 Å². The zero-order valence-corrected chi connectivity index (χ0v) is 12.8. The summed E-state index contributed by atoms with van der Waals surface area (Å²) in [6.07, 6.45) is 1.58. The van der Waals surface area contributed by atoms with Crippen LogP contribution in [0.2, 0.25) is 0 Å². The van der Waals surface area contributed by atoms with Gasteiger partial charge in [-0.2, -0.15) is 0 Å². The van der Waals surface area contributed by atoms with Crippen molar-refractivity contribution in [3.8, 4) is 0 Å². The molecule has 0 aliphatic heterocycles. The van der Waals surface area contributed by atoms with Crippen molar-refractivity contribution in [1.82, 2.24) is 5.32 Å². The van der Waals surface area contributed by atoms with Gasteiger partial charge in [0.2, 0.25) is 5.91 Å². The Labute approximate surface area is 127 Å². The topological polar surface area (TPSA) is 59.3 Å². The summed E-state index contributed by atoms with van der Waals surface area (Å²) < 4.78 is 5.16. The molecular weight excluding hydrogens is 286 g/mol. The van der Waals surface area contributed by atoms with Crippen LogP contribution in [-0.2, 0) is 11.3 Å². The number of rotatable bonds is 6. The number of thioether (sulfide) groups is 1. The fourth-order valence-electron chi connectivity index (χ4n) is 1.78. The first-order valence-corrected chi connectivity index (χ1v) is 7.52. The Balaban J connectivity index is 1.91. The van der Waals surface area contributed by atoms with Gasteiger partial charge in [0.1, 0.15) is 5.76 Å². The van der Waals surface area contributed by atoms with E-state index in [1.807, 2.05) is 31.2 Å². The SMILES string of the molecule is CC(=O)c1cccc(SC(C)C(=O)NCc2ccco2)c1. The first-order chi connectivity index (χ1) is 10.1. The second-order valence-electron chi connectivity index (χ2n) is 4.64. The van der Waals surface area contributed by atoms with E-state index < -0.39 is 0 Å². The average molecular weight is 303 g/mol. The number of benzene rings is 1. The van der Waals surface area contributed by atoms with Gasteiger partial charge in [-0.1, -0.05) is 12.1 Å². The number of ketones is 1. The zero-order valence-electron chi connectivity index (χ0n) is 12.0. The maximum atomic E-state index is 12.0. The zero-order chi connectivity index (χ0) is 15.2. The summed E-state index contributed by atoms with van der Waals surface area (Å²) in [5.74, 6) is 0.677. The number of amides is 1. The normalized spacial score (nSPS) is 11.9. The number of hydrogen-bond donors (Lipinski definition) is 1. The van der Waals surface area contributed by atoms with Crippen molar-refractivity contribution in [1.29, 1.82) is 0 Å². The Bertz CT molecular complexity index is 622. The molecule has 0 spiro atoms. The first kappa shape index (κ1) is 15.4. The predicted octanol–water partition coefficient (Wildman–Crippen LogP) is 3.28. The average Bonchev–Trinajstić information content (AvgIpc) is 2.98. The summed E-state index contributed by atoms with van der Waals surface area (Å²) in [7, 11) is 0. The second kappa shape index (κ2) is 7.13. The van der Waals surface area contributed by atoms with Crippen LogP contribution < -0.4 is 5.32 Å². The fraction of sp³-hybridized carbons (Fsp3) is 0.250. The molecule has 0 bridgehead atoms. The molecule has 1 aromatic heterocycles. The van der Waals surface area contributed by atoms with Gasteiger partial charge in [-0.3, -0.25) is 9.59 Å². The summed E-state index contributed by atoms with van der Waals surface area (Å²) in [6.45, 7) is 3.75. The van der Waals surface area contributed by atoms with E-state index in [0.717, 1.165) is 10.7 Å². The molecule has 0 aliphatic rings. The number of nitrogens with one attached hydrogen (secondary N) is 1. The van der Waals surface area contributed by atoms with Crippen molar-refractivity contribution in [2.24, 2.45) is 0 Å². The van der Waals surface area contributed by atoms with Gasteiger partial charge in [0, 0.05) is 10.5 Å².